The molecule has 0 radical (unpaired) electrons. The second kappa shape index (κ2) is 9.79. The summed E-state index contributed by atoms with van der Waals surface area (Å²) >= 11 is 11.9. The van der Waals surface area contributed by atoms with Crippen LogP contribution in [-0.2, 0) is 20.6 Å². The topological polar surface area (TPSA) is 66.5 Å². The highest BCUT2D eigenvalue weighted by Crippen LogP contribution is 2.26. The third-order valence-corrected chi connectivity index (χ3v) is 8.33. The average molecular weight is 447 g/mol. The van der Waals surface area contributed by atoms with Gasteiger partial charge in [-0.25, -0.2) is 12.7 Å². The van der Waals surface area contributed by atoms with Crippen molar-refractivity contribution in [1.82, 2.24) is 9.62 Å². The first-order chi connectivity index (χ1) is 13.3. The van der Waals surface area contributed by atoms with Crippen molar-refractivity contribution in [3.8, 4) is 0 Å². The number of sulfonamides is 1. The van der Waals surface area contributed by atoms with Crippen LogP contribution < -0.4 is 5.32 Å². The maximum atomic E-state index is 12.8. The van der Waals surface area contributed by atoms with Gasteiger partial charge >= 0.3 is 0 Å². The van der Waals surface area contributed by atoms with E-state index in [0.717, 1.165) is 6.42 Å². The van der Waals surface area contributed by atoms with Gasteiger partial charge in [-0.2, -0.15) is 0 Å². The summed E-state index contributed by atoms with van der Waals surface area (Å²) in [5, 5.41) is 3.80. The highest BCUT2D eigenvalue weighted by Gasteiger charge is 2.32. The van der Waals surface area contributed by atoms with Gasteiger partial charge in [-0.1, -0.05) is 48.5 Å². The molecule has 3 rings (SSSR count). The zero-order chi connectivity index (χ0) is 20.1. The quantitative estimate of drug-likeness (QED) is 0.710. The van der Waals surface area contributed by atoms with Crippen LogP contribution in [0.4, 0.5) is 0 Å². The Morgan fingerprint density at radius 1 is 1.07 bits per heavy atom. The average Bonchev–Trinajstić information content (AvgIpc) is 2.69. The van der Waals surface area contributed by atoms with Crippen LogP contribution in [0.1, 0.15) is 50.5 Å². The molecule has 1 saturated carbocycles. The molecule has 1 atom stereocenters. The Bertz CT molecular complexity index is 795. The molecule has 1 aromatic carbocycles. The second-order valence-corrected chi connectivity index (χ2v) is 10.7. The Hall–Kier alpha value is -0.820. The van der Waals surface area contributed by atoms with Gasteiger partial charge < -0.3 is 5.32 Å². The molecule has 2 fully saturated rings. The van der Waals surface area contributed by atoms with Crippen LogP contribution in [0.15, 0.2) is 18.2 Å². The van der Waals surface area contributed by atoms with Crippen molar-refractivity contribution in [2.24, 2.45) is 11.8 Å². The number of nitrogens with zero attached hydrogens (tertiary/aromatic N) is 1. The van der Waals surface area contributed by atoms with Crippen molar-refractivity contribution in [3.05, 3.63) is 33.8 Å². The monoisotopic (exact) mass is 446 g/mol. The molecule has 1 aromatic rings. The third kappa shape index (κ3) is 5.85. The molecule has 1 heterocycles. The molecule has 0 spiro atoms. The van der Waals surface area contributed by atoms with Crippen LogP contribution in [-0.4, -0.2) is 38.3 Å². The maximum absolute atomic E-state index is 12.8. The van der Waals surface area contributed by atoms with Crippen LogP contribution in [0.25, 0.3) is 0 Å². The van der Waals surface area contributed by atoms with Gasteiger partial charge in [0.25, 0.3) is 0 Å². The van der Waals surface area contributed by atoms with Crippen LogP contribution in [0.2, 0.25) is 10.0 Å². The Balaban J connectivity index is 1.56. The molecule has 28 heavy (non-hydrogen) atoms. The van der Waals surface area contributed by atoms with Crippen molar-refractivity contribution < 1.29 is 13.2 Å². The van der Waals surface area contributed by atoms with E-state index in [0.29, 0.717) is 41.0 Å². The highest BCUT2D eigenvalue weighted by molar-refractivity contribution is 7.88. The van der Waals surface area contributed by atoms with E-state index in [1.165, 1.54) is 36.4 Å². The zero-order valence-corrected chi connectivity index (χ0v) is 18.3. The number of benzene rings is 1. The van der Waals surface area contributed by atoms with Crippen LogP contribution in [0.3, 0.4) is 0 Å². The summed E-state index contributed by atoms with van der Waals surface area (Å²) in [6.45, 7) is 1.42. The standard InChI is InChI=1S/C20H28Cl2N2O3S/c21-18-9-8-16(11-19(18)22)14-28(26,27)24-10-4-7-17(13-24)20(25)23-12-15-5-2-1-3-6-15/h8-9,11,15,17H,1-7,10,12-14H2,(H,23,25)/t17-/m1/s1. The van der Waals surface area contributed by atoms with Gasteiger partial charge in [0, 0.05) is 19.6 Å². The van der Waals surface area contributed by atoms with Crippen molar-refractivity contribution in [3.63, 3.8) is 0 Å². The lowest BCUT2D eigenvalue weighted by Gasteiger charge is -2.32. The molecule has 2 aliphatic rings. The SMILES string of the molecule is O=C(NCC1CCCCC1)[C@@H]1CCCN(S(=O)(=O)Cc2ccc(Cl)c(Cl)c2)C1. The molecule has 0 unspecified atom stereocenters. The summed E-state index contributed by atoms with van der Waals surface area (Å²) in [5.41, 5.74) is 0.596. The minimum atomic E-state index is -3.52. The number of hydrogen-bond donors (Lipinski definition) is 1. The van der Waals surface area contributed by atoms with E-state index < -0.39 is 10.0 Å². The van der Waals surface area contributed by atoms with Crippen LogP contribution >= 0.6 is 23.2 Å². The van der Waals surface area contributed by atoms with E-state index in [-0.39, 0.29) is 24.1 Å². The largest absolute Gasteiger partial charge is 0.356 e. The summed E-state index contributed by atoms with van der Waals surface area (Å²) in [7, 11) is -3.52. The molecule has 1 aliphatic carbocycles. The van der Waals surface area contributed by atoms with Crippen molar-refractivity contribution in [2.75, 3.05) is 19.6 Å². The van der Waals surface area contributed by atoms with Crippen molar-refractivity contribution in [2.45, 2.75) is 50.7 Å². The number of carbonyl (C=O) groups is 1. The predicted octanol–water partition coefficient (Wildman–Crippen LogP) is 4.23. The summed E-state index contributed by atoms with van der Waals surface area (Å²) in [5.74, 6) is 0.136. The molecule has 5 nitrogen and oxygen atoms in total. The van der Waals surface area contributed by atoms with Crippen molar-refractivity contribution in [1.29, 1.82) is 0 Å². The summed E-state index contributed by atoms with van der Waals surface area (Å²) in [6, 6.07) is 4.86. The van der Waals surface area contributed by atoms with Gasteiger partial charge in [0.2, 0.25) is 15.9 Å². The fraction of sp³-hybridized carbons (Fsp3) is 0.650. The summed E-state index contributed by atoms with van der Waals surface area (Å²) in [6.07, 6.45) is 7.55. The molecule has 1 saturated heterocycles. The first kappa shape index (κ1) is 21.9. The van der Waals surface area contributed by atoms with E-state index in [1.807, 2.05) is 0 Å². The maximum Gasteiger partial charge on any atom is 0.224 e. The molecule has 8 heteroatoms. The second-order valence-electron chi connectivity index (χ2n) is 7.95. The summed E-state index contributed by atoms with van der Waals surface area (Å²) in [4.78, 5) is 12.6. The van der Waals surface area contributed by atoms with E-state index in [1.54, 1.807) is 18.2 Å². The Kier molecular flexibility index (Phi) is 7.65. The first-order valence-corrected chi connectivity index (χ1v) is 12.4. The lowest BCUT2D eigenvalue weighted by Crippen LogP contribution is -2.46. The Morgan fingerprint density at radius 2 is 1.82 bits per heavy atom. The summed E-state index contributed by atoms with van der Waals surface area (Å²) < 4.78 is 27.1. The predicted molar refractivity (Wildman–Crippen MR) is 113 cm³/mol. The van der Waals surface area contributed by atoms with Gasteiger partial charge in [0.15, 0.2) is 0 Å². The van der Waals surface area contributed by atoms with E-state index in [4.69, 9.17) is 23.2 Å². The number of amides is 1. The van der Waals surface area contributed by atoms with Gasteiger partial charge in [0.1, 0.15) is 0 Å². The van der Waals surface area contributed by atoms with Gasteiger partial charge in [-0.05, 0) is 49.3 Å². The molecule has 1 aliphatic heterocycles. The first-order valence-electron chi connectivity index (χ1n) is 10.0. The number of carbonyl (C=O) groups excluding carboxylic acids is 1. The smallest absolute Gasteiger partial charge is 0.224 e. The van der Waals surface area contributed by atoms with Crippen LogP contribution in [0.5, 0.6) is 0 Å². The van der Waals surface area contributed by atoms with E-state index in [9.17, 15) is 13.2 Å². The molecular weight excluding hydrogens is 419 g/mol. The van der Waals surface area contributed by atoms with Crippen molar-refractivity contribution >= 4 is 39.1 Å². The van der Waals surface area contributed by atoms with E-state index in [2.05, 4.69) is 5.32 Å². The number of halogens is 2. The normalized spacial score (nSPS) is 22.1. The van der Waals surface area contributed by atoms with Crippen LogP contribution in [0, 0.1) is 11.8 Å². The number of rotatable bonds is 6. The molecule has 1 amide bonds. The minimum Gasteiger partial charge on any atom is -0.356 e. The molecular formula is C20H28Cl2N2O3S. The number of piperidine rings is 1. The fourth-order valence-corrected chi connectivity index (χ4v) is 6.04. The minimum absolute atomic E-state index is 0.0139. The molecule has 1 N–H and O–H groups in total. The molecule has 0 bridgehead atoms. The lowest BCUT2D eigenvalue weighted by molar-refractivity contribution is -0.126. The Morgan fingerprint density at radius 3 is 2.54 bits per heavy atom. The van der Waals surface area contributed by atoms with Gasteiger partial charge in [0.05, 0.1) is 21.7 Å². The van der Waals surface area contributed by atoms with Gasteiger partial charge in [-0.3, -0.25) is 4.79 Å². The van der Waals surface area contributed by atoms with E-state index >= 15 is 0 Å². The molecule has 0 aromatic heterocycles. The Labute approximate surface area is 177 Å². The van der Waals surface area contributed by atoms with Gasteiger partial charge in [-0.15, -0.1) is 0 Å². The fourth-order valence-electron chi connectivity index (χ4n) is 4.12. The highest BCUT2D eigenvalue weighted by atomic mass is 35.5. The third-order valence-electron chi connectivity index (χ3n) is 5.77. The molecule has 156 valence electrons. The zero-order valence-electron chi connectivity index (χ0n) is 16.0. The number of hydrogen-bond acceptors (Lipinski definition) is 3. The lowest BCUT2D eigenvalue weighted by atomic mass is 9.89. The number of nitrogens with one attached hydrogen (secondary N) is 1.